The first-order chi connectivity index (χ1) is 8.84. The summed E-state index contributed by atoms with van der Waals surface area (Å²) in [7, 11) is 1.45. The number of benzene rings is 1. The molecule has 6 heteroatoms. The molecule has 19 heavy (non-hydrogen) atoms. The molecule has 1 aromatic rings. The fourth-order valence-corrected chi connectivity index (χ4v) is 1.95. The summed E-state index contributed by atoms with van der Waals surface area (Å²) in [4.78, 5) is 23.3. The van der Waals surface area contributed by atoms with Gasteiger partial charge >= 0.3 is 5.97 Å². The summed E-state index contributed by atoms with van der Waals surface area (Å²) in [5, 5.41) is 11.7. The third kappa shape index (κ3) is 3.66. The standard InChI is InChI=1S/C13H16INO4/c1-4-13(2,19-3)12(18)15-10-6-5-8(14)7-9(10)11(16)17/h5-7H,4H2,1-3H3,(H,15,18)(H,16,17). The van der Waals surface area contributed by atoms with Gasteiger partial charge in [-0.15, -0.1) is 0 Å². The molecule has 0 aliphatic heterocycles. The number of amides is 1. The summed E-state index contributed by atoms with van der Waals surface area (Å²) in [5.41, 5.74) is -0.636. The second-order valence-electron chi connectivity index (χ2n) is 4.24. The number of nitrogens with one attached hydrogen (secondary N) is 1. The van der Waals surface area contributed by atoms with Crippen molar-refractivity contribution >= 4 is 40.2 Å². The molecule has 5 nitrogen and oxygen atoms in total. The van der Waals surface area contributed by atoms with Crippen LogP contribution in [-0.4, -0.2) is 29.7 Å². The van der Waals surface area contributed by atoms with Crippen LogP contribution in [0.15, 0.2) is 18.2 Å². The van der Waals surface area contributed by atoms with Crippen molar-refractivity contribution in [3.63, 3.8) is 0 Å². The van der Waals surface area contributed by atoms with Crippen molar-refractivity contribution in [3.8, 4) is 0 Å². The highest BCUT2D eigenvalue weighted by Gasteiger charge is 2.31. The van der Waals surface area contributed by atoms with E-state index in [1.807, 2.05) is 29.5 Å². The molecule has 1 rings (SSSR count). The largest absolute Gasteiger partial charge is 0.478 e. The fourth-order valence-electron chi connectivity index (χ4n) is 1.45. The first-order valence-electron chi connectivity index (χ1n) is 5.73. The van der Waals surface area contributed by atoms with Crippen molar-refractivity contribution < 1.29 is 19.4 Å². The van der Waals surface area contributed by atoms with Crippen LogP contribution in [0.5, 0.6) is 0 Å². The van der Waals surface area contributed by atoms with Crippen molar-refractivity contribution in [3.05, 3.63) is 27.3 Å². The number of rotatable bonds is 5. The van der Waals surface area contributed by atoms with Crippen molar-refractivity contribution in [1.82, 2.24) is 0 Å². The molecule has 0 radical (unpaired) electrons. The van der Waals surface area contributed by atoms with Crippen LogP contribution in [-0.2, 0) is 9.53 Å². The molecule has 0 bridgehead atoms. The molecule has 0 saturated heterocycles. The van der Waals surface area contributed by atoms with E-state index >= 15 is 0 Å². The predicted molar refractivity (Wildman–Crippen MR) is 80.5 cm³/mol. The van der Waals surface area contributed by atoms with Crippen LogP contribution in [0, 0.1) is 3.57 Å². The molecule has 1 aromatic carbocycles. The van der Waals surface area contributed by atoms with Gasteiger partial charge in [-0.2, -0.15) is 0 Å². The molecular formula is C13H16INO4. The van der Waals surface area contributed by atoms with Gasteiger partial charge in [0.15, 0.2) is 0 Å². The van der Waals surface area contributed by atoms with E-state index in [4.69, 9.17) is 9.84 Å². The third-order valence-electron chi connectivity index (χ3n) is 3.07. The first kappa shape index (κ1) is 15.9. The highest BCUT2D eigenvalue weighted by molar-refractivity contribution is 14.1. The quantitative estimate of drug-likeness (QED) is 0.774. The van der Waals surface area contributed by atoms with Crippen LogP contribution in [0.3, 0.4) is 0 Å². The lowest BCUT2D eigenvalue weighted by atomic mass is 10.0. The molecule has 0 aliphatic carbocycles. The Labute approximate surface area is 125 Å². The Morgan fingerprint density at radius 1 is 1.47 bits per heavy atom. The Morgan fingerprint density at radius 2 is 2.11 bits per heavy atom. The first-order valence-corrected chi connectivity index (χ1v) is 6.81. The molecule has 104 valence electrons. The lowest BCUT2D eigenvalue weighted by Gasteiger charge is -2.25. The highest BCUT2D eigenvalue weighted by atomic mass is 127. The van der Waals surface area contributed by atoms with E-state index in [9.17, 15) is 9.59 Å². The molecule has 0 saturated carbocycles. The van der Waals surface area contributed by atoms with Gasteiger partial charge in [-0.1, -0.05) is 6.92 Å². The predicted octanol–water partition coefficient (Wildman–Crippen LogP) is 2.74. The van der Waals surface area contributed by atoms with Crippen molar-refractivity contribution in [2.45, 2.75) is 25.9 Å². The van der Waals surface area contributed by atoms with Gasteiger partial charge in [0.25, 0.3) is 5.91 Å². The number of hydrogen-bond donors (Lipinski definition) is 2. The minimum atomic E-state index is -1.08. The average Bonchev–Trinajstić information content (AvgIpc) is 2.39. The molecule has 1 unspecified atom stereocenters. The molecule has 0 spiro atoms. The second-order valence-corrected chi connectivity index (χ2v) is 5.48. The molecule has 0 aromatic heterocycles. The smallest absolute Gasteiger partial charge is 0.337 e. The number of carboxylic acid groups (broad SMARTS) is 1. The zero-order valence-electron chi connectivity index (χ0n) is 11.0. The Balaban J connectivity index is 3.06. The Hall–Kier alpha value is -1.15. The normalized spacial score (nSPS) is 13.7. The maximum Gasteiger partial charge on any atom is 0.337 e. The maximum absolute atomic E-state index is 12.1. The number of methoxy groups -OCH3 is 1. The van der Waals surface area contributed by atoms with Gasteiger partial charge in [0.1, 0.15) is 5.60 Å². The lowest BCUT2D eigenvalue weighted by molar-refractivity contribution is -0.136. The summed E-state index contributed by atoms with van der Waals surface area (Å²) in [6.07, 6.45) is 0.488. The molecule has 1 atom stereocenters. The number of aromatic carboxylic acids is 1. The summed E-state index contributed by atoms with van der Waals surface area (Å²) in [6, 6.07) is 4.82. The summed E-state index contributed by atoms with van der Waals surface area (Å²) < 4.78 is 5.97. The van der Waals surface area contributed by atoms with Gasteiger partial charge in [0.2, 0.25) is 0 Å². The van der Waals surface area contributed by atoms with Crippen LogP contribution >= 0.6 is 22.6 Å². The molecule has 0 aliphatic rings. The Bertz CT molecular complexity index is 497. The van der Waals surface area contributed by atoms with Crippen LogP contribution < -0.4 is 5.32 Å². The van der Waals surface area contributed by atoms with Crippen molar-refractivity contribution in [1.29, 1.82) is 0 Å². The number of carbonyl (C=O) groups is 2. The lowest BCUT2D eigenvalue weighted by Crippen LogP contribution is -2.41. The topological polar surface area (TPSA) is 75.6 Å². The van der Waals surface area contributed by atoms with Gasteiger partial charge in [-0.25, -0.2) is 4.79 Å². The summed E-state index contributed by atoms with van der Waals surface area (Å²) >= 11 is 2.02. The van der Waals surface area contributed by atoms with E-state index in [2.05, 4.69) is 5.32 Å². The zero-order valence-corrected chi connectivity index (χ0v) is 13.1. The molecule has 0 fully saturated rings. The highest BCUT2D eigenvalue weighted by Crippen LogP contribution is 2.22. The molecule has 0 heterocycles. The van der Waals surface area contributed by atoms with Gasteiger partial charge in [0, 0.05) is 10.7 Å². The SMILES string of the molecule is CCC(C)(OC)C(=O)Nc1ccc(I)cc1C(=O)O. The van der Waals surface area contributed by atoms with Crippen LogP contribution in [0.1, 0.15) is 30.6 Å². The van der Waals surface area contributed by atoms with E-state index in [1.165, 1.54) is 13.2 Å². The maximum atomic E-state index is 12.1. The van der Waals surface area contributed by atoms with Crippen LogP contribution in [0.4, 0.5) is 5.69 Å². The average molecular weight is 377 g/mol. The Kier molecular flexibility index (Phi) is 5.30. The number of carbonyl (C=O) groups excluding carboxylic acids is 1. The van der Waals surface area contributed by atoms with E-state index in [0.29, 0.717) is 6.42 Å². The van der Waals surface area contributed by atoms with Crippen LogP contribution in [0.25, 0.3) is 0 Å². The van der Waals surface area contributed by atoms with Gasteiger partial charge in [0.05, 0.1) is 11.3 Å². The van der Waals surface area contributed by atoms with Crippen LogP contribution in [0.2, 0.25) is 0 Å². The fraction of sp³-hybridized carbons (Fsp3) is 0.385. The summed E-state index contributed by atoms with van der Waals surface area (Å²) in [5.74, 6) is -1.44. The molecule has 2 N–H and O–H groups in total. The second kappa shape index (κ2) is 6.33. The summed E-state index contributed by atoms with van der Waals surface area (Å²) in [6.45, 7) is 3.49. The Morgan fingerprint density at radius 3 is 2.58 bits per heavy atom. The monoisotopic (exact) mass is 377 g/mol. The van der Waals surface area contributed by atoms with E-state index in [0.717, 1.165) is 3.57 Å². The number of anilines is 1. The molecular weight excluding hydrogens is 361 g/mol. The van der Waals surface area contributed by atoms with Gasteiger partial charge in [-0.05, 0) is 54.1 Å². The van der Waals surface area contributed by atoms with Gasteiger partial charge < -0.3 is 15.2 Å². The third-order valence-corrected chi connectivity index (χ3v) is 3.74. The number of carboxylic acids is 1. The minimum absolute atomic E-state index is 0.0646. The van der Waals surface area contributed by atoms with Crippen molar-refractivity contribution in [2.24, 2.45) is 0 Å². The van der Waals surface area contributed by atoms with E-state index in [1.54, 1.807) is 19.1 Å². The molecule has 1 amide bonds. The van der Waals surface area contributed by atoms with E-state index < -0.39 is 11.6 Å². The van der Waals surface area contributed by atoms with Gasteiger partial charge in [-0.3, -0.25) is 4.79 Å². The number of ether oxygens (including phenoxy) is 1. The number of halogens is 1. The van der Waals surface area contributed by atoms with E-state index in [-0.39, 0.29) is 17.2 Å². The number of hydrogen-bond acceptors (Lipinski definition) is 3. The zero-order chi connectivity index (χ0) is 14.6. The van der Waals surface area contributed by atoms with Crippen molar-refractivity contribution in [2.75, 3.05) is 12.4 Å². The minimum Gasteiger partial charge on any atom is -0.478 e.